The van der Waals surface area contributed by atoms with Crippen molar-refractivity contribution in [2.24, 2.45) is 0 Å². The van der Waals surface area contributed by atoms with E-state index in [-0.39, 0.29) is 21.3 Å². The van der Waals surface area contributed by atoms with E-state index in [0.29, 0.717) is 11.3 Å². The average molecular weight is 381 g/mol. The standard InChI is InChI=1S/C17H17ClN2O4S/c1-11(21)13-6-4-5-7-16(13)19-17(22)14-10-12(8-9-15(14)18)25(23,24)20(2)3/h4-10H,1-3H3,(H,19,22). The summed E-state index contributed by atoms with van der Waals surface area (Å²) in [4.78, 5) is 24.1. The second kappa shape index (κ2) is 7.35. The first-order chi connectivity index (χ1) is 11.6. The maximum atomic E-state index is 12.5. The van der Waals surface area contributed by atoms with Crippen molar-refractivity contribution >= 4 is 39.0 Å². The van der Waals surface area contributed by atoms with Crippen LogP contribution in [-0.4, -0.2) is 38.5 Å². The van der Waals surface area contributed by atoms with Crippen LogP contribution in [0.4, 0.5) is 5.69 Å². The van der Waals surface area contributed by atoms with Gasteiger partial charge in [0.25, 0.3) is 5.91 Å². The van der Waals surface area contributed by atoms with E-state index in [1.165, 1.54) is 39.2 Å². The summed E-state index contributed by atoms with van der Waals surface area (Å²) < 4.78 is 25.5. The number of carbonyl (C=O) groups is 2. The summed E-state index contributed by atoms with van der Waals surface area (Å²) >= 11 is 6.05. The summed E-state index contributed by atoms with van der Waals surface area (Å²) in [5.41, 5.74) is 0.684. The Morgan fingerprint density at radius 1 is 1.04 bits per heavy atom. The molecule has 0 unspecified atom stereocenters. The molecule has 25 heavy (non-hydrogen) atoms. The van der Waals surface area contributed by atoms with Crippen LogP contribution in [0.5, 0.6) is 0 Å². The third-order valence-corrected chi connectivity index (χ3v) is 5.66. The summed E-state index contributed by atoms with van der Waals surface area (Å²) in [6.07, 6.45) is 0. The van der Waals surface area contributed by atoms with Gasteiger partial charge in [0.1, 0.15) is 0 Å². The highest BCUT2D eigenvalue weighted by Crippen LogP contribution is 2.24. The van der Waals surface area contributed by atoms with Gasteiger partial charge in [-0.25, -0.2) is 12.7 Å². The van der Waals surface area contributed by atoms with Crippen molar-refractivity contribution in [2.45, 2.75) is 11.8 Å². The van der Waals surface area contributed by atoms with E-state index in [0.717, 1.165) is 4.31 Å². The van der Waals surface area contributed by atoms with E-state index in [9.17, 15) is 18.0 Å². The van der Waals surface area contributed by atoms with E-state index >= 15 is 0 Å². The van der Waals surface area contributed by atoms with Crippen molar-refractivity contribution in [1.82, 2.24) is 4.31 Å². The highest BCUT2D eigenvalue weighted by molar-refractivity contribution is 7.89. The number of ketones is 1. The Morgan fingerprint density at radius 3 is 2.28 bits per heavy atom. The second-order valence-corrected chi connectivity index (χ2v) is 8.04. The molecule has 0 bridgehead atoms. The first-order valence-electron chi connectivity index (χ1n) is 7.28. The number of amides is 1. The van der Waals surface area contributed by atoms with Gasteiger partial charge in [0.15, 0.2) is 5.78 Å². The third-order valence-electron chi connectivity index (χ3n) is 3.52. The molecule has 0 aliphatic rings. The Hall–Kier alpha value is -2.22. The Kier molecular flexibility index (Phi) is 5.62. The van der Waals surface area contributed by atoms with Gasteiger partial charge in [-0.15, -0.1) is 0 Å². The number of para-hydroxylation sites is 1. The number of carbonyl (C=O) groups excluding carboxylic acids is 2. The molecule has 0 radical (unpaired) electrons. The van der Waals surface area contributed by atoms with Crippen molar-refractivity contribution in [2.75, 3.05) is 19.4 Å². The van der Waals surface area contributed by atoms with Gasteiger partial charge in [0, 0.05) is 19.7 Å². The van der Waals surface area contributed by atoms with Crippen LogP contribution in [0.3, 0.4) is 0 Å². The van der Waals surface area contributed by atoms with Crippen molar-refractivity contribution in [3.8, 4) is 0 Å². The summed E-state index contributed by atoms with van der Waals surface area (Å²) in [6.45, 7) is 1.39. The molecule has 0 aliphatic heterocycles. The molecule has 2 aromatic carbocycles. The zero-order valence-electron chi connectivity index (χ0n) is 13.9. The van der Waals surface area contributed by atoms with Gasteiger partial charge in [-0.2, -0.15) is 0 Å². The number of anilines is 1. The van der Waals surface area contributed by atoms with Crippen molar-refractivity contribution in [3.63, 3.8) is 0 Å². The van der Waals surface area contributed by atoms with Gasteiger partial charge >= 0.3 is 0 Å². The molecule has 2 aromatic rings. The van der Waals surface area contributed by atoms with Gasteiger partial charge in [-0.1, -0.05) is 23.7 Å². The van der Waals surface area contributed by atoms with Crippen LogP contribution in [0, 0.1) is 0 Å². The monoisotopic (exact) mass is 380 g/mol. The molecule has 0 heterocycles. The highest BCUT2D eigenvalue weighted by atomic mass is 35.5. The summed E-state index contributed by atoms with van der Waals surface area (Å²) in [7, 11) is -0.912. The Balaban J connectivity index is 2.43. The van der Waals surface area contributed by atoms with E-state index in [2.05, 4.69) is 5.32 Å². The first-order valence-corrected chi connectivity index (χ1v) is 9.10. The molecule has 0 spiro atoms. The van der Waals surface area contributed by atoms with Crippen LogP contribution in [-0.2, 0) is 10.0 Å². The number of rotatable bonds is 5. The minimum absolute atomic E-state index is 0.00273. The lowest BCUT2D eigenvalue weighted by molar-refractivity contribution is 0.101. The number of benzene rings is 2. The number of sulfonamides is 1. The summed E-state index contributed by atoms with van der Waals surface area (Å²) in [5, 5.41) is 2.71. The van der Waals surface area contributed by atoms with Crippen LogP contribution < -0.4 is 5.32 Å². The van der Waals surface area contributed by atoms with Crippen molar-refractivity contribution < 1.29 is 18.0 Å². The SMILES string of the molecule is CC(=O)c1ccccc1NC(=O)c1cc(S(=O)(=O)N(C)C)ccc1Cl. The van der Waals surface area contributed by atoms with Crippen LogP contribution in [0.25, 0.3) is 0 Å². The van der Waals surface area contributed by atoms with Gasteiger partial charge in [-0.05, 0) is 37.3 Å². The second-order valence-electron chi connectivity index (χ2n) is 5.48. The normalized spacial score (nSPS) is 11.4. The quantitative estimate of drug-likeness (QED) is 0.808. The predicted octanol–water partition coefficient (Wildman–Crippen LogP) is 3.05. The molecular formula is C17H17ClN2O4S. The predicted molar refractivity (Wildman–Crippen MR) is 96.7 cm³/mol. The number of nitrogens with one attached hydrogen (secondary N) is 1. The minimum atomic E-state index is -3.70. The lowest BCUT2D eigenvalue weighted by Crippen LogP contribution is -2.23. The first kappa shape index (κ1) is 19.1. The fourth-order valence-corrected chi connectivity index (χ4v) is 3.27. The average Bonchev–Trinajstić information content (AvgIpc) is 2.55. The van der Waals surface area contributed by atoms with Gasteiger partial charge < -0.3 is 5.32 Å². The van der Waals surface area contributed by atoms with Crippen LogP contribution >= 0.6 is 11.6 Å². The van der Waals surface area contributed by atoms with Crippen LogP contribution in [0.2, 0.25) is 5.02 Å². The fraction of sp³-hybridized carbons (Fsp3) is 0.176. The van der Waals surface area contributed by atoms with E-state index in [4.69, 9.17) is 11.6 Å². The molecule has 132 valence electrons. The third kappa shape index (κ3) is 4.07. The lowest BCUT2D eigenvalue weighted by atomic mass is 10.1. The fourth-order valence-electron chi connectivity index (χ4n) is 2.14. The zero-order chi connectivity index (χ0) is 18.8. The van der Waals surface area contributed by atoms with Gasteiger partial charge in [0.05, 0.1) is 21.2 Å². The molecule has 1 amide bonds. The molecule has 0 aromatic heterocycles. The molecule has 0 atom stereocenters. The van der Waals surface area contributed by atoms with Crippen LogP contribution in [0.1, 0.15) is 27.6 Å². The number of halogens is 1. The maximum absolute atomic E-state index is 12.5. The number of nitrogens with zero attached hydrogens (tertiary/aromatic N) is 1. The van der Waals surface area contributed by atoms with Gasteiger partial charge in [0.2, 0.25) is 10.0 Å². The zero-order valence-corrected chi connectivity index (χ0v) is 15.5. The number of Topliss-reactive ketones (excluding diaryl/α,β-unsaturated/α-hetero) is 1. The molecule has 1 N–H and O–H groups in total. The van der Waals surface area contributed by atoms with Crippen molar-refractivity contribution in [1.29, 1.82) is 0 Å². The van der Waals surface area contributed by atoms with E-state index < -0.39 is 15.9 Å². The van der Waals surface area contributed by atoms with Gasteiger partial charge in [-0.3, -0.25) is 9.59 Å². The minimum Gasteiger partial charge on any atom is -0.321 e. The highest BCUT2D eigenvalue weighted by Gasteiger charge is 2.21. The molecule has 8 heteroatoms. The Labute approximate surface area is 151 Å². The lowest BCUT2D eigenvalue weighted by Gasteiger charge is -2.14. The molecule has 0 aliphatic carbocycles. The molecular weight excluding hydrogens is 364 g/mol. The maximum Gasteiger partial charge on any atom is 0.257 e. The van der Waals surface area contributed by atoms with Crippen molar-refractivity contribution in [3.05, 3.63) is 58.6 Å². The van der Waals surface area contributed by atoms with E-state index in [1.54, 1.807) is 24.3 Å². The topological polar surface area (TPSA) is 83.5 Å². The Morgan fingerprint density at radius 2 is 1.68 bits per heavy atom. The summed E-state index contributed by atoms with van der Waals surface area (Å²) in [5.74, 6) is -0.805. The molecule has 0 saturated heterocycles. The molecule has 6 nitrogen and oxygen atoms in total. The summed E-state index contributed by atoms with van der Waals surface area (Å²) in [6, 6.07) is 10.4. The largest absolute Gasteiger partial charge is 0.321 e. The Bertz CT molecular complexity index is 939. The van der Waals surface area contributed by atoms with E-state index in [1.807, 2.05) is 0 Å². The molecule has 2 rings (SSSR count). The number of hydrogen-bond donors (Lipinski definition) is 1. The smallest absolute Gasteiger partial charge is 0.257 e. The molecule has 0 saturated carbocycles. The molecule has 0 fully saturated rings. The number of hydrogen-bond acceptors (Lipinski definition) is 4. The van der Waals surface area contributed by atoms with Crippen LogP contribution in [0.15, 0.2) is 47.4 Å².